The van der Waals surface area contributed by atoms with Crippen LogP contribution in [0.15, 0.2) is 41.3 Å². The Morgan fingerprint density at radius 3 is 2.67 bits per heavy atom. The number of Topliss-reactive ketones (excluding diaryl/α,β-unsaturated/α-hetero) is 1. The zero-order chi connectivity index (χ0) is 23.8. The molecule has 0 aromatic heterocycles. The Labute approximate surface area is 194 Å². The Kier molecular flexibility index (Phi) is 9.05. The first-order chi connectivity index (χ1) is 15.8. The summed E-state index contributed by atoms with van der Waals surface area (Å²) in [6.07, 6.45) is 0.376. The molecule has 0 fully saturated rings. The van der Waals surface area contributed by atoms with Crippen LogP contribution in [0, 0.1) is 0 Å². The minimum absolute atomic E-state index is 0.0391. The Bertz CT molecular complexity index is 995. The molecule has 0 bridgehead atoms. The van der Waals surface area contributed by atoms with E-state index in [-0.39, 0.29) is 11.5 Å². The Morgan fingerprint density at radius 1 is 1.12 bits per heavy atom. The molecule has 2 aromatic carbocycles. The summed E-state index contributed by atoms with van der Waals surface area (Å²) >= 11 is 0. The molecule has 0 radical (unpaired) electrons. The van der Waals surface area contributed by atoms with Crippen LogP contribution < -0.4 is 14.8 Å². The van der Waals surface area contributed by atoms with E-state index in [9.17, 15) is 22.2 Å². The number of para-hydroxylation sites is 1. The molecule has 1 unspecified atom stereocenters. The van der Waals surface area contributed by atoms with Crippen LogP contribution in [-0.2, 0) is 30.2 Å². The summed E-state index contributed by atoms with van der Waals surface area (Å²) in [4.78, 5) is 13.4. The van der Waals surface area contributed by atoms with Crippen molar-refractivity contribution in [3.63, 3.8) is 0 Å². The van der Waals surface area contributed by atoms with Crippen LogP contribution in [0.4, 0.5) is 13.2 Å². The van der Waals surface area contributed by atoms with Crippen LogP contribution in [0.5, 0.6) is 5.75 Å². The second-order valence-corrected chi connectivity index (χ2v) is 9.36. The molecule has 1 aliphatic rings. The molecule has 0 spiro atoms. The van der Waals surface area contributed by atoms with Crippen molar-refractivity contribution in [2.24, 2.45) is 0 Å². The van der Waals surface area contributed by atoms with Crippen molar-refractivity contribution in [1.82, 2.24) is 10.0 Å². The molecule has 3 rings (SSSR count). The number of unbranched alkanes of at least 4 members (excludes halogenated alkanes) is 1. The van der Waals surface area contributed by atoms with Crippen LogP contribution in [0.3, 0.4) is 0 Å². The predicted molar refractivity (Wildman–Crippen MR) is 122 cm³/mol. The SMILES string of the molecule is CNS(=O)c1cc(C(=O)CCCCNCCc2ccccc2OC(F)(F)F)cc2c1CCC2. The number of aryl methyl sites for hydroxylation is 1. The Hall–Kier alpha value is -2.23. The lowest BCUT2D eigenvalue weighted by molar-refractivity contribution is -0.274. The van der Waals surface area contributed by atoms with Gasteiger partial charge in [-0.1, -0.05) is 18.2 Å². The van der Waals surface area contributed by atoms with Gasteiger partial charge >= 0.3 is 6.36 Å². The lowest BCUT2D eigenvalue weighted by Crippen LogP contribution is -2.21. The summed E-state index contributed by atoms with van der Waals surface area (Å²) in [6.45, 7) is 1.17. The van der Waals surface area contributed by atoms with Crippen LogP contribution in [0.25, 0.3) is 0 Å². The highest BCUT2D eigenvalue weighted by atomic mass is 32.2. The Balaban J connectivity index is 1.42. The van der Waals surface area contributed by atoms with Gasteiger partial charge in [0.1, 0.15) is 16.7 Å². The number of ketones is 1. The lowest BCUT2D eigenvalue weighted by atomic mass is 10.0. The van der Waals surface area contributed by atoms with E-state index in [4.69, 9.17) is 0 Å². The van der Waals surface area contributed by atoms with Gasteiger partial charge in [-0.2, -0.15) is 0 Å². The molecule has 0 aliphatic heterocycles. The van der Waals surface area contributed by atoms with Gasteiger partial charge < -0.3 is 10.1 Å². The minimum Gasteiger partial charge on any atom is -0.406 e. The van der Waals surface area contributed by atoms with Crippen molar-refractivity contribution < 1.29 is 26.9 Å². The van der Waals surface area contributed by atoms with E-state index in [1.165, 1.54) is 12.1 Å². The van der Waals surface area contributed by atoms with Gasteiger partial charge in [0.15, 0.2) is 5.78 Å². The van der Waals surface area contributed by atoms with E-state index in [0.717, 1.165) is 36.8 Å². The molecule has 0 saturated carbocycles. The first-order valence-electron chi connectivity index (χ1n) is 11.1. The maximum atomic E-state index is 12.7. The maximum absolute atomic E-state index is 12.7. The summed E-state index contributed by atoms with van der Waals surface area (Å²) in [5.41, 5.74) is 3.33. The minimum atomic E-state index is -4.71. The highest BCUT2D eigenvalue weighted by Gasteiger charge is 2.31. The number of carbonyl (C=O) groups excluding carboxylic acids is 1. The number of halogens is 3. The number of carbonyl (C=O) groups is 1. The smallest absolute Gasteiger partial charge is 0.406 e. The topological polar surface area (TPSA) is 67.4 Å². The van der Waals surface area contributed by atoms with Gasteiger partial charge in [0.05, 0.1) is 4.90 Å². The van der Waals surface area contributed by atoms with Gasteiger partial charge in [-0.3, -0.25) is 4.79 Å². The van der Waals surface area contributed by atoms with E-state index in [0.29, 0.717) is 48.4 Å². The van der Waals surface area contributed by atoms with E-state index >= 15 is 0 Å². The van der Waals surface area contributed by atoms with Crippen LogP contribution in [0.2, 0.25) is 0 Å². The second-order valence-electron chi connectivity index (χ2n) is 7.97. The lowest BCUT2D eigenvalue weighted by Gasteiger charge is -2.13. The monoisotopic (exact) mass is 482 g/mol. The molecule has 180 valence electrons. The number of hydrogen-bond acceptors (Lipinski definition) is 4. The number of hydrogen-bond donors (Lipinski definition) is 2. The fourth-order valence-corrected chi connectivity index (χ4v) is 4.98. The van der Waals surface area contributed by atoms with E-state index in [2.05, 4.69) is 14.8 Å². The third-order valence-corrected chi connectivity index (χ3v) is 6.79. The summed E-state index contributed by atoms with van der Waals surface area (Å²) in [7, 11) is 0.323. The van der Waals surface area contributed by atoms with Crippen molar-refractivity contribution in [2.75, 3.05) is 20.1 Å². The van der Waals surface area contributed by atoms with Crippen LogP contribution in [-0.4, -0.2) is 36.5 Å². The molecule has 2 aromatic rings. The highest BCUT2D eigenvalue weighted by Crippen LogP contribution is 2.29. The van der Waals surface area contributed by atoms with Crippen molar-refractivity contribution in [1.29, 1.82) is 0 Å². The largest absolute Gasteiger partial charge is 0.573 e. The fourth-order valence-electron chi connectivity index (χ4n) is 4.06. The molecule has 0 heterocycles. The van der Waals surface area contributed by atoms with Gasteiger partial charge in [-0.05, 0) is 93.6 Å². The summed E-state index contributed by atoms with van der Waals surface area (Å²) in [6, 6.07) is 9.83. The number of benzene rings is 2. The zero-order valence-electron chi connectivity index (χ0n) is 18.6. The highest BCUT2D eigenvalue weighted by molar-refractivity contribution is 7.83. The van der Waals surface area contributed by atoms with Gasteiger partial charge in [-0.25, -0.2) is 8.93 Å². The number of alkyl halides is 3. The first-order valence-corrected chi connectivity index (χ1v) is 12.3. The van der Waals surface area contributed by atoms with Gasteiger partial charge in [0.25, 0.3) is 0 Å². The van der Waals surface area contributed by atoms with E-state index < -0.39 is 17.3 Å². The third-order valence-electron chi connectivity index (χ3n) is 5.66. The molecule has 1 atom stereocenters. The van der Waals surface area contributed by atoms with Gasteiger partial charge in [0.2, 0.25) is 0 Å². The summed E-state index contributed by atoms with van der Waals surface area (Å²) in [5, 5.41) is 3.21. The summed E-state index contributed by atoms with van der Waals surface area (Å²) in [5.74, 6) is -0.136. The standard InChI is InChI=1S/C24H29F3N2O3S/c1-28-33(31)23-16-19(15-18-8-6-9-20(18)23)21(30)10-4-5-13-29-14-12-17-7-2-3-11-22(17)32-24(25,26)27/h2-3,7,11,15-16,28-29H,4-6,8-10,12-14H2,1H3. The number of ether oxygens (including phenoxy) is 1. The number of rotatable bonds is 12. The summed E-state index contributed by atoms with van der Waals surface area (Å²) < 4.78 is 56.6. The molecule has 2 N–H and O–H groups in total. The average Bonchev–Trinajstić information content (AvgIpc) is 3.26. The first kappa shape index (κ1) is 25.4. The van der Waals surface area contributed by atoms with Crippen LogP contribution >= 0.6 is 0 Å². The van der Waals surface area contributed by atoms with Crippen molar-refractivity contribution in [3.8, 4) is 5.75 Å². The molecular formula is C24H29F3N2O3S. The second kappa shape index (κ2) is 11.8. The van der Waals surface area contributed by atoms with Gasteiger partial charge in [0, 0.05) is 12.0 Å². The van der Waals surface area contributed by atoms with Crippen molar-refractivity contribution in [2.45, 2.75) is 56.2 Å². The molecule has 5 nitrogen and oxygen atoms in total. The average molecular weight is 483 g/mol. The maximum Gasteiger partial charge on any atom is 0.573 e. The molecular weight excluding hydrogens is 453 g/mol. The van der Waals surface area contributed by atoms with Gasteiger partial charge in [-0.15, -0.1) is 13.2 Å². The predicted octanol–water partition coefficient (Wildman–Crippen LogP) is 4.50. The molecule has 9 heteroatoms. The quantitative estimate of drug-likeness (QED) is 0.345. The van der Waals surface area contributed by atoms with Crippen molar-refractivity contribution >= 4 is 16.8 Å². The van der Waals surface area contributed by atoms with E-state index in [1.54, 1.807) is 25.2 Å². The Morgan fingerprint density at radius 2 is 1.91 bits per heavy atom. The normalized spacial score (nSPS) is 14.2. The van der Waals surface area contributed by atoms with E-state index in [1.807, 2.05) is 6.07 Å². The van der Waals surface area contributed by atoms with Crippen molar-refractivity contribution in [3.05, 3.63) is 58.7 Å². The zero-order valence-corrected chi connectivity index (χ0v) is 19.4. The molecule has 33 heavy (non-hydrogen) atoms. The number of fused-ring (bicyclic) bond motifs is 1. The third kappa shape index (κ3) is 7.38. The molecule has 1 aliphatic carbocycles. The number of nitrogens with one attached hydrogen (secondary N) is 2. The molecule has 0 amide bonds. The fraction of sp³-hybridized carbons (Fsp3) is 0.458. The molecule has 0 saturated heterocycles. The van der Waals surface area contributed by atoms with Crippen LogP contribution in [0.1, 0.15) is 52.7 Å².